The van der Waals surface area contributed by atoms with E-state index >= 15 is 0 Å². The molecule has 8 heteroatoms. The zero-order chi connectivity index (χ0) is 23.2. The van der Waals surface area contributed by atoms with E-state index < -0.39 is 0 Å². The lowest BCUT2D eigenvalue weighted by atomic mass is 10.1. The molecular weight excluding hydrogens is 418 g/mol. The first kappa shape index (κ1) is 22.7. The van der Waals surface area contributed by atoms with Crippen LogP contribution in [0.4, 0.5) is 0 Å². The highest BCUT2D eigenvalue weighted by atomic mass is 16.5. The van der Waals surface area contributed by atoms with Gasteiger partial charge in [0, 0.05) is 50.3 Å². The van der Waals surface area contributed by atoms with Gasteiger partial charge in [-0.3, -0.25) is 14.5 Å². The second-order valence-electron chi connectivity index (χ2n) is 8.29. The molecule has 1 aliphatic heterocycles. The molecule has 1 unspecified atom stereocenters. The number of carbonyl (C=O) groups excluding carboxylic acids is 2. The Labute approximate surface area is 193 Å². The van der Waals surface area contributed by atoms with Crippen molar-refractivity contribution in [2.75, 3.05) is 32.7 Å². The van der Waals surface area contributed by atoms with E-state index in [2.05, 4.69) is 20.4 Å². The van der Waals surface area contributed by atoms with E-state index in [0.29, 0.717) is 36.9 Å². The highest BCUT2D eigenvalue weighted by Gasteiger charge is 2.27. The Hall–Kier alpha value is -3.52. The molecule has 2 aromatic carbocycles. The number of aryl methyl sites for hydroxylation is 1. The van der Waals surface area contributed by atoms with E-state index in [0.717, 1.165) is 18.7 Å². The van der Waals surface area contributed by atoms with Crippen molar-refractivity contribution in [2.45, 2.75) is 26.3 Å². The Morgan fingerprint density at radius 2 is 1.73 bits per heavy atom. The average molecular weight is 448 g/mol. The molecule has 1 aliphatic rings. The first-order valence-corrected chi connectivity index (χ1v) is 11.3. The lowest BCUT2D eigenvalue weighted by molar-refractivity contribution is -0.133. The maximum atomic E-state index is 12.6. The summed E-state index contributed by atoms with van der Waals surface area (Å²) in [6.45, 7) is 7.13. The van der Waals surface area contributed by atoms with Crippen LogP contribution in [0.15, 0.2) is 59.1 Å². The number of nitrogens with zero attached hydrogens (tertiary/aromatic N) is 4. The minimum atomic E-state index is -0.161. The molecule has 172 valence electrons. The summed E-state index contributed by atoms with van der Waals surface area (Å²) in [5, 5.41) is 6.95. The van der Waals surface area contributed by atoms with Crippen molar-refractivity contribution < 1.29 is 14.1 Å². The molecule has 3 aromatic rings. The van der Waals surface area contributed by atoms with Crippen molar-refractivity contribution in [2.24, 2.45) is 0 Å². The molecule has 2 heterocycles. The molecular formula is C25H29N5O3. The first-order chi connectivity index (χ1) is 16.0. The number of benzene rings is 2. The van der Waals surface area contributed by atoms with Gasteiger partial charge in [-0.05, 0) is 26.0 Å². The second-order valence-corrected chi connectivity index (χ2v) is 8.29. The van der Waals surface area contributed by atoms with Gasteiger partial charge in [-0.25, -0.2) is 0 Å². The molecule has 0 radical (unpaired) electrons. The van der Waals surface area contributed by atoms with E-state index in [1.165, 1.54) is 5.56 Å². The van der Waals surface area contributed by atoms with Crippen LogP contribution < -0.4 is 5.32 Å². The molecule has 0 bridgehead atoms. The monoisotopic (exact) mass is 447 g/mol. The maximum Gasteiger partial charge on any atom is 0.251 e. The van der Waals surface area contributed by atoms with Crippen molar-refractivity contribution >= 4 is 11.8 Å². The predicted octanol–water partition coefficient (Wildman–Crippen LogP) is 3.07. The summed E-state index contributed by atoms with van der Waals surface area (Å²) in [6.07, 6.45) is 0.289. The van der Waals surface area contributed by atoms with E-state index in [1.54, 1.807) is 12.1 Å². The van der Waals surface area contributed by atoms with Crippen molar-refractivity contribution in [3.8, 4) is 11.4 Å². The maximum absolute atomic E-state index is 12.6. The number of nitrogens with one attached hydrogen (secondary N) is 1. The molecule has 2 amide bonds. The molecule has 8 nitrogen and oxygen atoms in total. The van der Waals surface area contributed by atoms with Gasteiger partial charge in [-0.2, -0.15) is 4.98 Å². The van der Waals surface area contributed by atoms with E-state index in [-0.39, 0.29) is 24.3 Å². The standard InChI is InChI=1S/C25H29N5O3/c1-18-8-10-20(11-9-18)23-27-25(33-28-23)19(2)29-14-16-30(17-15-29)22(31)12-13-26-24(32)21-6-4-3-5-7-21/h3-11,19H,12-17H2,1-2H3,(H,26,32). The molecule has 1 atom stereocenters. The largest absolute Gasteiger partial charge is 0.352 e. The highest BCUT2D eigenvalue weighted by molar-refractivity contribution is 5.94. The molecule has 1 N–H and O–H groups in total. The summed E-state index contributed by atoms with van der Waals surface area (Å²) in [6, 6.07) is 17.0. The smallest absolute Gasteiger partial charge is 0.251 e. The quantitative estimate of drug-likeness (QED) is 0.599. The number of hydrogen-bond donors (Lipinski definition) is 1. The van der Waals surface area contributed by atoms with Gasteiger partial charge in [0.15, 0.2) is 0 Å². The second kappa shape index (κ2) is 10.4. The number of amides is 2. The third-order valence-corrected chi connectivity index (χ3v) is 5.98. The van der Waals surface area contributed by atoms with Gasteiger partial charge in [0.1, 0.15) is 0 Å². The van der Waals surface area contributed by atoms with Crippen LogP contribution in [-0.4, -0.2) is 64.5 Å². The van der Waals surface area contributed by atoms with E-state index in [1.807, 2.05) is 61.2 Å². The lowest BCUT2D eigenvalue weighted by Crippen LogP contribution is -2.49. The van der Waals surface area contributed by atoms with Crippen LogP contribution in [0.2, 0.25) is 0 Å². The fraction of sp³-hybridized carbons (Fsp3) is 0.360. The highest BCUT2D eigenvalue weighted by Crippen LogP contribution is 2.23. The van der Waals surface area contributed by atoms with Gasteiger partial charge in [-0.15, -0.1) is 0 Å². The topological polar surface area (TPSA) is 91.6 Å². The molecule has 0 aliphatic carbocycles. The summed E-state index contributed by atoms with van der Waals surface area (Å²) in [4.78, 5) is 33.3. The lowest BCUT2D eigenvalue weighted by Gasteiger charge is -2.36. The summed E-state index contributed by atoms with van der Waals surface area (Å²) in [7, 11) is 0. The van der Waals surface area contributed by atoms with Gasteiger partial charge < -0.3 is 14.7 Å². The van der Waals surface area contributed by atoms with Gasteiger partial charge in [0.2, 0.25) is 17.6 Å². The van der Waals surface area contributed by atoms with Gasteiger partial charge >= 0.3 is 0 Å². The van der Waals surface area contributed by atoms with E-state index in [4.69, 9.17) is 4.52 Å². The van der Waals surface area contributed by atoms with Crippen molar-refractivity contribution in [3.05, 3.63) is 71.6 Å². The average Bonchev–Trinajstić information content (AvgIpc) is 3.35. The van der Waals surface area contributed by atoms with Crippen LogP contribution in [0.25, 0.3) is 11.4 Å². The Bertz CT molecular complexity index is 1070. The van der Waals surface area contributed by atoms with Crippen LogP contribution in [0.5, 0.6) is 0 Å². The predicted molar refractivity (Wildman–Crippen MR) is 124 cm³/mol. The first-order valence-electron chi connectivity index (χ1n) is 11.3. The van der Waals surface area contributed by atoms with Crippen LogP contribution in [0, 0.1) is 6.92 Å². The molecule has 1 saturated heterocycles. The third-order valence-electron chi connectivity index (χ3n) is 5.98. The van der Waals surface area contributed by atoms with Crippen LogP contribution >= 0.6 is 0 Å². The van der Waals surface area contributed by atoms with Crippen molar-refractivity contribution in [1.29, 1.82) is 0 Å². The Kier molecular flexibility index (Phi) is 7.14. The molecule has 1 aromatic heterocycles. The fourth-order valence-electron chi connectivity index (χ4n) is 3.87. The number of carbonyl (C=O) groups is 2. The Morgan fingerprint density at radius 3 is 2.42 bits per heavy atom. The Balaban J connectivity index is 1.23. The zero-order valence-electron chi connectivity index (χ0n) is 19.0. The minimum absolute atomic E-state index is 0.0286. The van der Waals surface area contributed by atoms with Gasteiger partial charge in [-0.1, -0.05) is 53.2 Å². The molecule has 33 heavy (non-hydrogen) atoms. The number of piperazine rings is 1. The number of rotatable bonds is 7. The Morgan fingerprint density at radius 1 is 1.03 bits per heavy atom. The normalized spacial score (nSPS) is 15.3. The fourth-order valence-corrected chi connectivity index (χ4v) is 3.87. The summed E-state index contributed by atoms with van der Waals surface area (Å²) < 4.78 is 5.53. The van der Waals surface area contributed by atoms with Crippen LogP contribution in [0.1, 0.15) is 41.2 Å². The molecule has 0 spiro atoms. The summed E-state index contributed by atoms with van der Waals surface area (Å²) in [5.41, 5.74) is 2.71. The summed E-state index contributed by atoms with van der Waals surface area (Å²) in [5.74, 6) is 1.05. The minimum Gasteiger partial charge on any atom is -0.352 e. The van der Waals surface area contributed by atoms with Gasteiger partial charge in [0.25, 0.3) is 5.91 Å². The zero-order valence-corrected chi connectivity index (χ0v) is 19.0. The van der Waals surface area contributed by atoms with Gasteiger partial charge in [0.05, 0.1) is 6.04 Å². The van der Waals surface area contributed by atoms with Crippen LogP contribution in [0.3, 0.4) is 0 Å². The number of aromatic nitrogens is 2. The van der Waals surface area contributed by atoms with E-state index in [9.17, 15) is 9.59 Å². The third kappa shape index (κ3) is 5.64. The molecule has 4 rings (SSSR count). The number of hydrogen-bond acceptors (Lipinski definition) is 6. The van der Waals surface area contributed by atoms with Crippen LogP contribution in [-0.2, 0) is 4.79 Å². The summed E-state index contributed by atoms with van der Waals surface area (Å²) >= 11 is 0. The molecule has 1 fully saturated rings. The SMILES string of the molecule is Cc1ccc(-c2noc(C(C)N3CCN(C(=O)CCNC(=O)c4ccccc4)CC3)n2)cc1. The van der Waals surface area contributed by atoms with Crippen molar-refractivity contribution in [3.63, 3.8) is 0 Å². The van der Waals surface area contributed by atoms with Crippen molar-refractivity contribution in [1.82, 2.24) is 25.3 Å². The molecule has 0 saturated carbocycles.